The average molecular weight is 395 g/mol. The number of carboxylic acid groups (broad SMARTS) is 1. The summed E-state index contributed by atoms with van der Waals surface area (Å²) in [6.45, 7) is 1.40. The smallest absolute Gasteiger partial charge is 0.326 e. The third-order valence-corrected chi connectivity index (χ3v) is 4.85. The van der Waals surface area contributed by atoms with E-state index in [2.05, 4.69) is 10.3 Å². The molecule has 1 aliphatic heterocycles. The van der Waals surface area contributed by atoms with E-state index in [9.17, 15) is 19.5 Å². The zero-order valence-corrected chi connectivity index (χ0v) is 15.7. The number of hydrogen-bond donors (Lipinski definition) is 2. The molecule has 2 amide bonds. The maximum Gasteiger partial charge on any atom is 0.326 e. The number of hydrogen-bond acceptors (Lipinski definition) is 5. The van der Waals surface area contributed by atoms with Crippen molar-refractivity contribution in [1.82, 2.24) is 4.90 Å². The second kappa shape index (κ2) is 8.53. The molecule has 3 rings (SSSR count). The predicted octanol–water partition coefficient (Wildman–Crippen LogP) is 3.25. The highest BCUT2D eigenvalue weighted by Gasteiger charge is 2.39. The number of aliphatic carboxylic acids is 1. The van der Waals surface area contributed by atoms with Crippen LogP contribution in [0.2, 0.25) is 0 Å². The van der Waals surface area contributed by atoms with Crippen molar-refractivity contribution in [2.24, 2.45) is 4.99 Å². The van der Waals surface area contributed by atoms with Gasteiger partial charge in [-0.1, -0.05) is 36.4 Å². The fourth-order valence-corrected chi connectivity index (χ4v) is 3.49. The molecule has 2 aromatic rings. The quantitative estimate of drug-likeness (QED) is 0.757. The van der Waals surface area contributed by atoms with Gasteiger partial charge in [-0.05, 0) is 43.0 Å². The molecular formula is C20H17N3O4S. The van der Waals surface area contributed by atoms with Gasteiger partial charge >= 0.3 is 5.97 Å². The lowest BCUT2D eigenvalue weighted by atomic mass is 10.3. The number of nitrogens with one attached hydrogen (secondary N) is 1. The lowest BCUT2D eigenvalue weighted by molar-refractivity contribution is -0.144. The van der Waals surface area contributed by atoms with E-state index in [0.29, 0.717) is 11.4 Å². The van der Waals surface area contributed by atoms with E-state index in [1.165, 1.54) is 6.92 Å². The van der Waals surface area contributed by atoms with Crippen LogP contribution in [0.5, 0.6) is 0 Å². The molecule has 28 heavy (non-hydrogen) atoms. The SMILES string of the molecule is CC(C(=O)O)N1C(=O)/C(=C/C(=O)Nc2ccccc2)SC1=Nc1ccccc1. The van der Waals surface area contributed by atoms with Crippen LogP contribution in [0.4, 0.5) is 11.4 Å². The Morgan fingerprint density at radius 2 is 1.71 bits per heavy atom. The van der Waals surface area contributed by atoms with Crippen LogP contribution in [-0.2, 0) is 14.4 Å². The van der Waals surface area contributed by atoms with Gasteiger partial charge in [0.2, 0.25) is 5.91 Å². The molecule has 8 heteroatoms. The summed E-state index contributed by atoms with van der Waals surface area (Å²) in [5.74, 6) is -2.21. The van der Waals surface area contributed by atoms with Gasteiger partial charge < -0.3 is 10.4 Å². The Balaban J connectivity index is 1.89. The van der Waals surface area contributed by atoms with Gasteiger partial charge in [-0.2, -0.15) is 0 Å². The zero-order chi connectivity index (χ0) is 20.1. The molecule has 1 saturated heterocycles. The van der Waals surface area contributed by atoms with Crippen LogP contribution in [0.1, 0.15) is 6.92 Å². The Labute approximate surface area is 165 Å². The highest BCUT2D eigenvalue weighted by atomic mass is 32.2. The fourth-order valence-electron chi connectivity index (χ4n) is 2.45. The first-order chi connectivity index (χ1) is 13.5. The number of amides is 2. The first kappa shape index (κ1) is 19.4. The standard InChI is InChI=1S/C20H17N3O4S/c1-13(19(26)27)23-18(25)16(12-17(24)21-14-8-4-2-5-9-14)28-20(23)22-15-10-6-3-7-11-15/h2-13H,1H3,(H,21,24)(H,26,27)/b16-12-,22-20?. The molecule has 7 nitrogen and oxygen atoms in total. The van der Waals surface area contributed by atoms with Gasteiger partial charge in [0.1, 0.15) is 6.04 Å². The van der Waals surface area contributed by atoms with Gasteiger partial charge in [0, 0.05) is 11.8 Å². The van der Waals surface area contributed by atoms with Gasteiger partial charge in [-0.25, -0.2) is 9.79 Å². The lowest BCUT2D eigenvalue weighted by Crippen LogP contribution is -2.42. The highest BCUT2D eigenvalue weighted by Crippen LogP contribution is 2.34. The minimum atomic E-state index is -1.16. The van der Waals surface area contributed by atoms with E-state index >= 15 is 0 Å². The molecular weight excluding hydrogens is 378 g/mol. The van der Waals surface area contributed by atoms with Crippen LogP contribution in [0.3, 0.4) is 0 Å². The van der Waals surface area contributed by atoms with Gasteiger partial charge in [0.15, 0.2) is 5.17 Å². The van der Waals surface area contributed by atoms with Crippen molar-refractivity contribution in [3.63, 3.8) is 0 Å². The number of carbonyl (C=O) groups excluding carboxylic acids is 2. The molecule has 0 radical (unpaired) electrons. The van der Waals surface area contributed by atoms with E-state index in [-0.39, 0.29) is 10.1 Å². The molecule has 2 aromatic carbocycles. The highest BCUT2D eigenvalue weighted by molar-refractivity contribution is 8.18. The predicted molar refractivity (Wildman–Crippen MR) is 108 cm³/mol. The van der Waals surface area contributed by atoms with E-state index in [1.807, 2.05) is 12.1 Å². The van der Waals surface area contributed by atoms with Crippen molar-refractivity contribution < 1.29 is 19.5 Å². The summed E-state index contributed by atoms with van der Waals surface area (Å²) in [5, 5.41) is 12.2. The largest absolute Gasteiger partial charge is 0.480 e. The number of thioether (sulfide) groups is 1. The zero-order valence-electron chi connectivity index (χ0n) is 14.9. The summed E-state index contributed by atoms with van der Waals surface area (Å²) < 4.78 is 0. The van der Waals surface area contributed by atoms with Crippen molar-refractivity contribution in [2.75, 3.05) is 5.32 Å². The number of rotatable bonds is 5. The minimum absolute atomic E-state index is 0.108. The average Bonchev–Trinajstić information content (AvgIpc) is 2.97. The molecule has 1 heterocycles. The van der Waals surface area contributed by atoms with Crippen molar-refractivity contribution in [3.05, 3.63) is 71.6 Å². The number of amidine groups is 1. The van der Waals surface area contributed by atoms with Crippen molar-refractivity contribution in [1.29, 1.82) is 0 Å². The van der Waals surface area contributed by atoms with E-state index in [0.717, 1.165) is 22.7 Å². The van der Waals surface area contributed by atoms with Crippen molar-refractivity contribution >= 4 is 46.1 Å². The summed E-state index contributed by atoms with van der Waals surface area (Å²) >= 11 is 0.970. The van der Waals surface area contributed by atoms with Crippen LogP contribution < -0.4 is 5.32 Å². The fraction of sp³-hybridized carbons (Fsp3) is 0.100. The number of anilines is 1. The number of nitrogens with zero attached hydrogens (tertiary/aromatic N) is 2. The maximum absolute atomic E-state index is 12.8. The van der Waals surface area contributed by atoms with Crippen molar-refractivity contribution in [2.45, 2.75) is 13.0 Å². The molecule has 0 spiro atoms. The summed E-state index contributed by atoms with van der Waals surface area (Å²) in [6.07, 6.45) is 1.16. The molecule has 1 fully saturated rings. The Hall–Kier alpha value is -3.39. The summed E-state index contributed by atoms with van der Waals surface area (Å²) in [4.78, 5) is 42.0. The van der Waals surface area contributed by atoms with Crippen LogP contribution in [0.25, 0.3) is 0 Å². The van der Waals surface area contributed by atoms with Gasteiger partial charge in [-0.3, -0.25) is 14.5 Å². The molecule has 1 aliphatic rings. The lowest BCUT2D eigenvalue weighted by Gasteiger charge is -2.19. The second-order valence-electron chi connectivity index (χ2n) is 5.89. The van der Waals surface area contributed by atoms with Crippen LogP contribution in [-0.4, -0.2) is 39.0 Å². The van der Waals surface area contributed by atoms with Crippen LogP contribution in [0, 0.1) is 0 Å². The van der Waals surface area contributed by atoms with Gasteiger partial charge in [0.05, 0.1) is 10.6 Å². The number of benzene rings is 2. The second-order valence-corrected chi connectivity index (χ2v) is 6.89. The van der Waals surface area contributed by atoms with E-state index < -0.39 is 23.8 Å². The Kier molecular flexibility index (Phi) is 5.90. The molecule has 1 atom stereocenters. The first-order valence-electron chi connectivity index (χ1n) is 8.41. The normalized spacial score (nSPS) is 17.8. The summed E-state index contributed by atoms with van der Waals surface area (Å²) in [5.41, 5.74) is 1.17. The Bertz CT molecular complexity index is 958. The first-order valence-corrected chi connectivity index (χ1v) is 9.23. The molecule has 2 N–H and O–H groups in total. The Morgan fingerprint density at radius 3 is 2.32 bits per heavy atom. The van der Waals surface area contributed by atoms with Crippen LogP contribution in [0.15, 0.2) is 76.6 Å². The molecule has 0 bridgehead atoms. The number of para-hydroxylation sites is 2. The van der Waals surface area contributed by atoms with E-state index in [1.54, 1.807) is 48.5 Å². The number of carboxylic acids is 1. The summed E-state index contributed by atoms with van der Waals surface area (Å²) in [7, 11) is 0. The third-order valence-electron chi connectivity index (χ3n) is 3.87. The number of aliphatic imine (C=N–C) groups is 1. The Morgan fingerprint density at radius 1 is 1.11 bits per heavy atom. The maximum atomic E-state index is 12.8. The molecule has 142 valence electrons. The van der Waals surface area contributed by atoms with E-state index in [4.69, 9.17) is 0 Å². The van der Waals surface area contributed by atoms with Gasteiger partial charge in [0.25, 0.3) is 5.91 Å². The monoisotopic (exact) mass is 395 g/mol. The molecule has 0 saturated carbocycles. The molecule has 0 aromatic heterocycles. The topological polar surface area (TPSA) is 99.1 Å². The molecule has 1 unspecified atom stereocenters. The molecule has 0 aliphatic carbocycles. The summed E-state index contributed by atoms with van der Waals surface area (Å²) in [6, 6.07) is 16.6. The third kappa shape index (κ3) is 4.47. The number of carbonyl (C=O) groups is 3. The van der Waals surface area contributed by atoms with Crippen molar-refractivity contribution in [3.8, 4) is 0 Å². The van der Waals surface area contributed by atoms with Gasteiger partial charge in [-0.15, -0.1) is 0 Å². The minimum Gasteiger partial charge on any atom is -0.480 e. The van der Waals surface area contributed by atoms with Crippen LogP contribution >= 0.6 is 11.8 Å².